The lowest BCUT2D eigenvalue weighted by Crippen LogP contribution is -2.39. The molecule has 2 aromatic heterocycles. The first kappa shape index (κ1) is 22.6. The monoisotopic (exact) mass is 447 g/mol. The van der Waals surface area contributed by atoms with Crippen molar-refractivity contribution in [1.82, 2.24) is 14.8 Å². The van der Waals surface area contributed by atoms with Gasteiger partial charge in [-0.1, -0.05) is 6.07 Å². The minimum atomic E-state index is -0.0946. The SMILES string of the molecule is Cc1ccc(C(=O)N(C)Cc2ccco2)c(C2CCN(C(=O)c3cccc(O)c3C)CC2)n1. The molecule has 0 radical (unpaired) electrons. The first-order valence-electron chi connectivity index (χ1n) is 11.2. The van der Waals surface area contributed by atoms with Gasteiger partial charge in [0.2, 0.25) is 0 Å². The van der Waals surface area contributed by atoms with Gasteiger partial charge in [0.1, 0.15) is 11.5 Å². The standard InChI is InChI=1S/C26H29N3O4/c1-17-9-10-22(25(31)28(3)16-20-6-5-15-33-20)24(27-17)19-11-13-29(14-12-19)26(32)21-7-4-8-23(30)18(21)2/h4-10,15,19,30H,11-14,16H2,1-3H3. The molecule has 2 amide bonds. The van der Waals surface area contributed by atoms with Gasteiger partial charge in [-0.05, 0) is 63.1 Å². The van der Waals surface area contributed by atoms with E-state index in [2.05, 4.69) is 0 Å². The summed E-state index contributed by atoms with van der Waals surface area (Å²) < 4.78 is 5.38. The minimum absolute atomic E-state index is 0.0754. The second-order valence-electron chi connectivity index (χ2n) is 8.64. The number of aryl methyl sites for hydroxylation is 1. The lowest BCUT2D eigenvalue weighted by atomic mass is 9.89. The molecule has 0 unspecified atom stereocenters. The highest BCUT2D eigenvalue weighted by molar-refractivity contribution is 5.96. The van der Waals surface area contributed by atoms with Crippen LogP contribution in [0.25, 0.3) is 0 Å². The zero-order valence-corrected chi connectivity index (χ0v) is 19.2. The molecule has 1 aliphatic heterocycles. The molecule has 1 N–H and O–H groups in total. The molecule has 7 heteroatoms. The Labute approximate surface area is 193 Å². The summed E-state index contributed by atoms with van der Waals surface area (Å²) in [7, 11) is 1.76. The maximum atomic E-state index is 13.2. The average Bonchev–Trinajstić information content (AvgIpc) is 3.33. The van der Waals surface area contributed by atoms with Crippen LogP contribution in [-0.4, -0.2) is 51.8 Å². The predicted molar refractivity (Wildman–Crippen MR) is 124 cm³/mol. The van der Waals surface area contributed by atoms with Crippen molar-refractivity contribution < 1.29 is 19.1 Å². The number of furan rings is 1. The van der Waals surface area contributed by atoms with Gasteiger partial charge in [0.15, 0.2) is 0 Å². The van der Waals surface area contributed by atoms with Crippen LogP contribution in [0.15, 0.2) is 53.1 Å². The Bertz CT molecular complexity index is 1150. The van der Waals surface area contributed by atoms with E-state index < -0.39 is 0 Å². The topological polar surface area (TPSA) is 86.9 Å². The van der Waals surface area contributed by atoms with E-state index in [0.29, 0.717) is 36.3 Å². The van der Waals surface area contributed by atoms with Crippen LogP contribution in [0.5, 0.6) is 5.75 Å². The molecular formula is C26H29N3O4. The third-order valence-corrected chi connectivity index (χ3v) is 6.32. The van der Waals surface area contributed by atoms with Gasteiger partial charge >= 0.3 is 0 Å². The van der Waals surface area contributed by atoms with Crippen LogP contribution < -0.4 is 0 Å². The van der Waals surface area contributed by atoms with Crippen molar-refractivity contribution in [2.24, 2.45) is 0 Å². The number of aromatic nitrogens is 1. The maximum absolute atomic E-state index is 13.2. The number of piperidine rings is 1. The molecule has 1 aliphatic rings. The molecule has 3 aromatic rings. The molecule has 4 rings (SSSR count). The lowest BCUT2D eigenvalue weighted by molar-refractivity contribution is 0.0705. The van der Waals surface area contributed by atoms with Crippen molar-refractivity contribution in [3.05, 3.63) is 82.6 Å². The van der Waals surface area contributed by atoms with Gasteiger partial charge in [-0.3, -0.25) is 14.6 Å². The molecule has 1 aromatic carbocycles. The minimum Gasteiger partial charge on any atom is -0.508 e. The van der Waals surface area contributed by atoms with Crippen LogP contribution in [0.1, 0.15) is 62.2 Å². The second-order valence-corrected chi connectivity index (χ2v) is 8.64. The Balaban J connectivity index is 1.49. The highest BCUT2D eigenvalue weighted by atomic mass is 16.3. The van der Waals surface area contributed by atoms with E-state index in [1.165, 1.54) is 0 Å². The number of amides is 2. The highest BCUT2D eigenvalue weighted by Crippen LogP contribution is 2.31. The van der Waals surface area contributed by atoms with E-state index in [1.54, 1.807) is 49.4 Å². The number of phenols is 1. The third kappa shape index (κ3) is 4.77. The van der Waals surface area contributed by atoms with E-state index in [4.69, 9.17) is 9.40 Å². The molecule has 0 aliphatic carbocycles. The van der Waals surface area contributed by atoms with Gasteiger partial charge in [0, 0.05) is 42.9 Å². The number of phenolic OH excluding ortho intramolecular Hbond substituents is 1. The molecule has 0 atom stereocenters. The molecule has 1 saturated heterocycles. The first-order valence-corrected chi connectivity index (χ1v) is 11.2. The summed E-state index contributed by atoms with van der Waals surface area (Å²) in [6.45, 7) is 5.21. The van der Waals surface area contributed by atoms with Crippen molar-refractivity contribution in [3.8, 4) is 5.75 Å². The number of aromatic hydroxyl groups is 1. The molecule has 1 fully saturated rings. The molecule has 172 valence electrons. The summed E-state index contributed by atoms with van der Waals surface area (Å²) in [4.78, 5) is 34.4. The molecule has 0 spiro atoms. The van der Waals surface area contributed by atoms with Crippen molar-refractivity contribution in [1.29, 1.82) is 0 Å². The molecule has 0 bridgehead atoms. The number of hydrogen-bond donors (Lipinski definition) is 1. The fourth-order valence-electron chi connectivity index (χ4n) is 4.36. The Kier molecular flexibility index (Phi) is 6.49. The summed E-state index contributed by atoms with van der Waals surface area (Å²) >= 11 is 0. The van der Waals surface area contributed by atoms with E-state index in [1.807, 2.05) is 30.0 Å². The smallest absolute Gasteiger partial charge is 0.255 e. The summed E-state index contributed by atoms with van der Waals surface area (Å²) in [6.07, 6.45) is 3.05. The van der Waals surface area contributed by atoms with E-state index >= 15 is 0 Å². The zero-order valence-electron chi connectivity index (χ0n) is 19.2. The van der Waals surface area contributed by atoms with Crippen LogP contribution in [0.3, 0.4) is 0 Å². The van der Waals surface area contributed by atoms with Crippen molar-refractivity contribution in [2.45, 2.75) is 39.2 Å². The van der Waals surface area contributed by atoms with Crippen LogP contribution in [0.4, 0.5) is 0 Å². The van der Waals surface area contributed by atoms with Crippen LogP contribution >= 0.6 is 0 Å². The van der Waals surface area contributed by atoms with Gasteiger partial charge < -0.3 is 19.3 Å². The fourth-order valence-corrected chi connectivity index (χ4v) is 4.36. The largest absolute Gasteiger partial charge is 0.508 e. The van der Waals surface area contributed by atoms with Crippen molar-refractivity contribution in [3.63, 3.8) is 0 Å². The van der Waals surface area contributed by atoms with E-state index in [0.717, 1.165) is 30.0 Å². The Morgan fingerprint density at radius 2 is 1.85 bits per heavy atom. The number of hydrogen-bond acceptors (Lipinski definition) is 5. The molecule has 7 nitrogen and oxygen atoms in total. The predicted octanol–water partition coefficient (Wildman–Crippen LogP) is 4.29. The lowest BCUT2D eigenvalue weighted by Gasteiger charge is -2.33. The number of carbonyl (C=O) groups excluding carboxylic acids is 2. The molecular weight excluding hydrogens is 418 g/mol. The number of carbonyl (C=O) groups is 2. The van der Waals surface area contributed by atoms with Gasteiger partial charge in [0.05, 0.1) is 24.1 Å². The summed E-state index contributed by atoms with van der Waals surface area (Å²) in [5.41, 5.74) is 3.38. The number of rotatable bonds is 5. The average molecular weight is 448 g/mol. The first-order chi connectivity index (χ1) is 15.8. The normalized spacial score (nSPS) is 14.3. The summed E-state index contributed by atoms with van der Waals surface area (Å²) in [5, 5.41) is 9.95. The van der Waals surface area contributed by atoms with Crippen LogP contribution in [0.2, 0.25) is 0 Å². The third-order valence-electron chi connectivity index (χ3n) is 6.32. The van der Waals surface area contributed by atoms with Crippen LogP contribution in [-0.2, 0) is 6.54 Å². The van der Waals surface area contributed by atoms with E-state index in [-0.39, 0.29) is 23.5 Å². The number of likely N-dealkylation sites (tertiary alicyclic amines) is 1. The number of benzene rings is 1. The zero-order chi connectivity index (χ0) is 23.5. The second kappa shape index (κ2) is 9.48. The van der Waals surface area contributed by atoms with E-state index in [9.17, 15) is 14.7 Å². The number of pyridine rings is 1. The van der Waals surface area contributed by atoms with Crippen molar-refractivity contribution >= 4 is 11.8 Å². The van der Waals surface area contributed by atoms with Crippen LogP contribution in [0, 0.1) is 13.8 Å². The van der Waals surface area contributed by atoms with Gasteiger partial charge in [-0.25, -0.2) is 0 Å². The number of nitrogens with zero attached hydrogens (tertiary/aromatic N) is 3. The quantitative estimate of drug-likeness (QED) is 0.631. The van der Waals surface area contributed by atoms with Crippen molar-refractivity contribution in [2.75, 3.05) is 20.1 Å². The highest BCUT2D eigenvalue weighted by Gasteiger charge is 2.30. The van der Waals surface area contributed by atoms with Gasteiger partial charge in [-0.2, -0.15) is 0 Å². The Hall–Kier alpha value is -3.61. The molecule has 0 saturated carbocycles. The summed E-state index contributed by atoms with van der Waals surface area (Å²) in [6, 6.07) is 12.4. The molecule has 3 heterocycles. The maximum Gasteiger partial charge on any atom is 0.255 e. The van der Waals surface area contributed by atoms with Gasteiger partial charge in [-0.15, -0.1) is 0 Å². The summed E-state index contributed by atoms with van der Waals surface area (Å²) in [5.74, 6) is 0.773. The van der Waals surface area contributed by atoms with Gasteiger partial charge in [0.25, 0.3) is 11.8 Å². The Morgan fingerprint density at radius 1 is 1.09 bits per heavy atom. The Morgan fingerprint density at radius 3 is 2.55 bits per heavy atom. The molecule has 33 heavy (non-hydrogen) atoms. The fraction of sp³-hybridized carbons (Fsp3) is 0.346.